The van der Waals surface area contributed by atoms with E-state index in [9.17, 15) is 24.5 Å². The largest absolute Gasteiger partial charge is 0.423 e. The second kappa shape index (κ2) is 6.80. The predicted molar refractivity (Wildman–Crippen MR) is 107 cm³/mol. The number of hydrogen-bond acceptors (Lipinski definition) is 6. The van der Waals surface area contributed by atoms with Crippen molar-refractivity contribution in [3.63, 3.8) is 0 Å². The molecular formula is C21H17N3O6. The Morgan fingerprint density at radius 3 is 2.47 bits per heavy atom. The molecule has 0 bridgehead atoms. The number of urea groups is 1. The fourth-order valence-electron chi connectivity index (χ4n) is 3.59. The average Bonchev–Trinajstić information content (AvgIpc) is 2.91. The number of nitrogens with one attached hydrogen (secondary N) is 1. The highest BCUT2D eigenvalue weighted by molar-refractivity contribution is 6.07. The van der Waals surface area contributed by atoms with E-state index in [0.29, 0.717) is 22.1 Å². The van der Waals surface area contributed by atoms with E-state index < -0.39 is 28.0 Å². The number of rotatable bonds is 4. The predicted octanol–water partition coefficient (Wildman–Crippen LogP) is 2.98. The summed E-state index contributed by atoms with van der Waals surface area (Å²) in [6.45, 7) is 3.28. The Balaban J connectivity index is 1.69. The zero-order valence-electron chi connectivity index (χ0n) is 16.2. The Kier molecular flexibility index (Phi) is 4.38. The van der Waals surface area contributed by atoms with Crippen LogP contribution in [0.1, 0.15) is 23.6 Å². The van der Waals surface area contributed by atoms with Gasteiger partial charge in [-0.3, -0.25) is 19.8 Å². The van der Waals surface area contributed by atoms with Gasteiger partial charge in [0.15, 0.2) is 0 Å². The highest BCUT2D eigenvalue weighted by Gasteiger charge is 2.49. The topological polar surface area (TPSA) is 123 Å². The third-order valence-corrected chi connectivity index (χ3v) is 5.24. The van der Waals surface area contributed by atoms with E-state index >= 15 is 0 Å². The molecule has 0 saturated carbocycles. The monoisotopic (exact) mass is 407 g/mol. The number of hydrogen-bond donors (Lipinski definition) is 1. The number of carbonyl (C=O) groups is 2. The highest BCUT2D eigenvalue weighted by atomic mass is 16.6. The summed E-state index contributed by atoms with van der Waals surface area (Å²) in [6.07, 6.45) is 0. The van der Waals surface area contributed by atoms with Gasteiger partial charge >= 0.3 is 11.7 Å². The third-order valence-electron chi connectivity index (χ3n) is 5.24. The standard InChI is InChI=1S/C21H17N3O6/c1-12-3-8-16-13(10-18(25)30-17(16)9-12)11-23-19(26)21(2,22-20(23)27)14-4-6-15(7-5-14)24(28)29/h3-10H,11H2,1-2H3,(H,22,27)/t21-/m1/s1. The molecule has 0 radical (unpaired) electrons. The smallest absolute Gasteiger partial charge is 0.336 e. The minimum absolute atomic E-state index is 0.113. The summed E-state index contributed by atoms with van der Waals surface area (Å²) in [5.41, 5.74) is 0.117. The molecule has 2 heterocycles. The Labute approximate surface area is 170 Å². The van der Waals surface area contributed by atoms with E-state index in [1.54, 1.807) is 12.1 Å². The van der Waals surface area contributed by atoms with Crippen LogP contribution in [0.15, 0.2) is 57.7 Å². The van der Waals surface area contributed by atoms with Gasteiger partial charge < -0.3 is 9.73 Å². The van der Waals surface area contributed by atoms with Gasteiger partial charge in [-0.2, -0.15) is 0 Å². The molecule has 0 aliphatic carbocycles. The van der Waals surface area contributed by atoms with Crippen LogP contribution in [0.25, 0.3) is 11.0 Å². The normalized spacial score (nSPS) is 18.7. The molecule has 1 atom stereocenters. The van der Waals surface area contributed by atoms with E-state index in [0.717, 1.165) is 10.5 Å². The van der Waals surface area contributed by atoms with Gasteiger partial charge in [-0.1, -0.05) is 12.1 Å². The summed E-state index contributed by atoms with van der Waals surface area (Å²) in [5.74, 6) is -0.519. The Hall–Kier alpha value is -4.01. The Bertz CT molecular complexity index is 1260. The van der Waals surface area contributed by atoms with E-state index in [1.807, 2.05) is 13.0 Å². The molecule has 3 amide bonds. The van der Waals surface area contributed by atoms with Crippen LogP contribution in [-0.4, -0.2) is 21.8 Å². The van der Waals surface area contributed by atoms with Gasteiger partial charge in [-0.25, -0.2) is 9.59 Å². The molecule has 1 fully saturated rings. The van der Waals surface area contributed by atoms with Crippen LogP contribution in [-0.2, 0) is 16.9 Å². The molecule has 9 heteroatoms. The molecule has 4 rings (SSSR count). The van der Waals surface area contributed by atoms with Crippen molar-refractivity contribution >= 4 is 28.6 Å². The van der Waals surface area contributed by atoms with Crippen molar-refractivity contribution in [2.24, 2.45) is 0 Å². The fraction of sp³-hybridized carbons (Fsp3) is 0.190. The lowest BCUT2D eigenvalue weighted by Gasteiger charge is -2.22. The maximum absolute atomic E-state index is 13.1. The molecule has 1 aliphatic heterocycles. The SMILES string of the molecule is Cc1ccc2c(CN3C(=O)N[C@](C)(c4ccc([N+](=O)[O-])cc4)C3=O)cc(=O)oc2c1. The van der Waals surface area contributed by atoms with Gasteiger partial charge in [0.1, 0.15) is 11.1 Å². The quantitative estimate of drug-likeness (QED) is 0.307. The van der Waals surface area contributed by atoms with Crippen molar-refractivity contribution in [2.75, 3.05) is 0 Å². The minimum atomic E-state index is -1.38. The number of carbonyl (C=O) groups excluding carboxylic acids is 2. The molecule has 0 unspecified atom stereocenters. The number of nitro groups is 1. The zero-order valence-corrected chi connectivity index (χ0v) is 16.2. The third kappa shape index (κ3) is 3.10. The fourth-order valence-corrected chi connectivity index (χ4v) is 3.59. The van der Waals surface area contributed by atoms with Crippen LogP contribution in [0, 0.1) is 17.0 Å². The van der Waals surface area contributed by atoms with Crippen molar-refractivity contribution in [2.45, 2.75) is 25.9 Å². The number of fused-ring (bicyclic) bond motifs is 1. The van der Waals surface area contributed by atoms with Gasteiger partial charge in [0.25, 0.3) is 11.6 Å². The molecule has 9 nitrogen and oxygen atoms in total. The van der Waals surface area contributed by atoms with Crippen molar-refractivity contribution in [1.29, 1.82) is 0 Å². The van der Waals surface area contributed by atoms with Crippen molar-refractivity contribution in [3.05, 3.63) is 85.8 Å². The summed E-state index contributed by atoms with van der Waals surface area (Å²) in [4.78, 5) is 49.1. The molecular weight excluding hydrogens is 390 g/mol. The first-order valence-corrected chi connectivity index (χ1v) is 9.11. The molecule has 1 saturated heterocycles. The van der Waals surface area contributed by atoms with E-state index in [2.05, 4.69) is 5.32 Å². The lowest BCUT2D eigenvalue weighted by molar-refractivity contribution is -0.384. The number of aryl methyl sites for hydroxylation is 1. The van der Waals surface area contributed by atoms with Gasteiger partial charge in [0.05, 0.1) is 11.5 Å². The average molecular weight is 407 g/mol. The first-order chi connectivity index (χ1) is 14.2. The number of nitro benzene ring substituents is 1. The van der Waals surface area contributed by atoms with Crippen LogP contribution in [0.5, 0.6) is 0 Å². The van der Waals surface area contributed by atoms with Gasteiger partial charge in [-0.15, -0.1) is 0 Å². The zero-order chi connectivity index (χ0) is 21.6. The molecule has 1 aliphatic rings. The van der Waals surface area contributed by atoms with Crippen molar-refractivity contribution < 1.29 is 18.9 Å². The summed E-state index contributed by atoms with van der Waals surface area (Å²) >= 11 is 0. The van der Waals surface area contributed by atoms with Crippen LogP contribution in [0.2, 0.25) is 0 Å². The second-order valence-electron chi connectivity index (χ2n) is 7.34. The van der Waals surface area contributed by atoms with Crippen LogP contribution in [0.3, 0.4) is 0 Å². The van der Waals surface area contributed by atoms with Crippen LogP contribution < -0.4 is 10.9 Å². The number of nitrogens with zero attached hydrogens (tertiary/aromatic N) is 2. The number of imide groups is 1. The second-order valence-corrected chi connectivity index (χ2v) is 7.34. The summed E-state index contributed by atoms with van der Waals surface area (Å²) in [7, 11) is 0. The molecule has 152 valence electrons. The highest BCUT2D eigenvalue weighted by Crippen LogP contribution is 2.31. The van der Waals surface area contributed by atoms with Gasteiger partial charge in [0, 0.05) is 23.6 Å². The van der Waals surface area contributed by atoms with E-state index in [4.69, 9.17) is 4.42 Å². The minimum Gasteiger partial charge on any atom is -0.423 e. The van der Waals surface area contributed by atoms with Crippen LogP contribution >= 0.6 is 0 Å². The van der Waals surface area contributed by atoms with Crippen LogP contribution in [0.4, 0.5) is 10.5 Å². The molecule has 1 aromatic heterocycles. The molecule has 0 spiro atoms. The van der Waals surface area contributed by atoms with Crippen molar-refractivity contribution in [3.8, 4) is 0 Å². The first-order valence-electron chi connectivity index (χ1n) is 9.11. The Morgan fingerprint density at radius 1 is 1.10 bits per heavy atom. The van der Waals surface area contributed by atoms with E-state index in [-0.39, 0.29) is 12.2 Å². The number of benzene rings is 2. The van der Waals surface area contributed by atoms with Gasteiger partial charge in [-0.05, 0) is 48.7 Å². The Morgan fingerprint density at radius 2 is 1.80 bits per heavy atom. The van der Waals surface area contributed by atoms with E-state index in [1.165, 1.54) is 37.3 Å². The van der Waals surface area contributed by atoms with Crippen molar-refractivity contribution in [1.82, 2.24) is 10.2 Å². The number of amides is 3. The summed E-state index contributed by atoms with van der Waals surface area (Å²) in [6, 6.07) is 11.4. The molecule has 1 N–H and O–H groups in total. The maximum atomic E-state index is 13.1. The summed E-state index contributed by atoms with van der Waals surface area (Å²) in [5, 5.41) is 14.2. The lowest BCUT2D eigenvalue weighted by atomic mass is 9.92. The van der Waals surface area contributed by atoms with Gasteiger partial charge in [0.2, 0.25) is 0 Å². The first kappa shape index (κ1) is 19.3. The summed E-state index contributed by atoms with van der Waals surface area (Å²) < 4.78 is 5.23. The maximum Gasteiger partial charge on any atom is 0.336 e. The number of non-ortho nitro benzene ring substituents is 1. The lowest BCUT2D eigenvalue weighted by Crippen LogP contribution is -2.40. The molecule has 2 aromatic carbocycles. The molecule has 30 heavy (non-hydrogen) atoms. The molecule has 3 aromatic rings.